The van der Waals surface area contributed by atoms with Crippen molar-refractivity contribution in [2.45, 2.75) is 197 Å². The molecule has 5 aliphatic carbocycles. The van der Waals surface area contributed by atoms with Gasteiger partial charge in [-0.1, -0.05) is 86.3 Å². The number of nitrogens with one attached hydrogen (secondary N) is 2. The summed E-state index contributed by atoms with van der Waals surface area (Å²) in [7, 11) is 1.34. The molecule has 3 N–H and O–H groups in total. The first-order valence-corrected chi connectivity index (χ1v) is 24.2. The number of rotatable bonds is 18. The van der Waals surface area contributed by atoms with Crippen molar-refractivity contribution in [1.82, 2.24) is 10.6 Å². The van der Waals surface area contributed by atoms with Gasteiger partial charge in [-0.2, -0.15) is 0 Å². The number of esters is 2. The highest BCUT2D eigenvalue weighted by atomic mass is 16.5. The van der Waals surface area contributed by atoms with Gasteiger partial charge < -0.3 is 25.2 Å². The quantitative estimate of drug-likeness (QED) is 0.0701. The monoisotopic (exact) mass is 853 g/mol. The zero-order valence-corrected chi connectivity index (χ0v) is 40.1. The number of carboxylic acid groups (broad SMARTS) is 1. The first-order chi connectivity index (χ1) is 28.4. The van der Waals surface area contributed by atoms with Gasteiger partial charge in [0.15, 0.2) is 0 Å². The Morgan fingerprint density at radius 3 is 2.08 bits per heavy atom. The van der Waals surface area contributed by atoms with Crippen molar-refractivity contribution in [3.63, 3.8) is 0 Å². The maximum atomic E-state index is 14.6. The van der Waals surface area contributed by atoms with Gasteiger partial charge in [-0.15, -0.1) is 0 Å². The molecule has 0 aromatic rings. The summed E-state index contributed by atoms with van der Waals surface area (Å²) in [5.41, 5.74) is -0.181. The number of fused-ring (bicyclic) bond motifs is 7. The Bertz CT molecular complexity index is 1650. The van der Waals surface area contributed by atoms with E-state index < -0.39 is 29.4 Å². The van der Waals surface area contributed by atoms with E-state index >= 15 is 0 Å². The minimum atomic E-state index is -1.16. The first kappa shape index (κ1) is 49.1. The molecule has 0 unspecified atom stereocenters. The van der Waals surface area contributed by atoms with E-state index in [1.165, 1.54) is 12.7 Å². The number of carbonyl (C=O) groups is 5. The SMILES string of the molecule is C=C(C)[C@@H]1CC[C@]2(C(=O)NCCCCCCCCC(=O)N[C@@H](C(=O)OC)C(C)C)CC[C@]3(C)[C@H](CC[C@@H]4[C@@]5(C)CC[C@H](OC(=O)CC(C)(C)C(=O)O)C(C)(C)[C@@H]5CC[C@]43C)[C@@H]12. The van der Waals surface area contributed by atoms with Crippen molar-refractivity contribution >= 4 is 29.7 Å². The lowest BCUT2D eigenvalue weighted by Gasteiger charge is -2.72. The second-order valence-electron chi connectivity index (χ2n) is 23.0. The van der Waals surface area contributed by atoms with Crippen LogP contribution < -0.4 is 10.6 Å². The van der Waals surface area contributed by atoms with Gasteiger partial charge in [0.05, 0.1) is 24.4 Å². The molecule has 11 atom stereocenters. The molecule has 0 aromatic carbocycles. The molecule has 0 bridgehead atoms. The Labute approximate surface area is 368 Å². The van der Waals surface area contributed by atoms with Gasteiger partial charge >= 0.3 is 17.9 Å². The average Bonchev–Trinajstić information content (AvgIpc) is 3.58. The summed E-state index contributed by atoms with van der Waals surface area (Å²) in [5.74, 6) is 0.368. The largest absolute Gasteiger partial charge is 0.481 e. The fraction of sp³-hybridized carbons (Fsp3) is 0.863. The Hall–Kier alpha value is -2.91. The van der Waals surface area contributed by atoms with Gasteiger partial charge in [0.2, 0.25) is 11.8 Å². The number of aliphatic carboxylic acids is 1. The molecule has 5 aliphatic rings. The van der Waals surface area contributed by atoms with Crippen LogP contribution in [0.4, 0.5) is 0 Å². The van der Waals surface area contributed by atoms with Crippen LogP contribution in [-0.4, -0.2) is 60.6 Å². The predicted octanol–water partition coefficient (Wildman–Crippen LogP) is 10.2. The predicted molar refractivity (Wildman–Crippen MR) is 239 cm³/mol. The number of ether oxygens (including phenoxy) is 2. The number of hydrogen-bond donors (Lipinski definition) is 3. The second-order valence-corrected chi connectivity index (χ2v) is 23.0. The van der Waals surface area contributed by atoms with Crippen molar-refractivity contribution in [2.75, 3.05) is 13.7 Å². The van der Waals surface area contributed by atoms with E-state index in [2.05, 4.69) is 58.8 Å². The zero-order chi connectivity index (χ0) is 45.3. The van der Waals surface area contributed by atoms with E-state index in [0.717, 1.165) is 103 Å². The van der Waals surface area contributed by atoms with E-state index in [9.17, 15) is 29.1 Å². The molecular formula is C51H84N2O8. The standard InChI is InChI=1S/C51H84N2O8/c1-32(2)34-22-27-51(44(57)52-30-18-16-14-13-15-17-19-39(54)53-42(33(3)4)43(56)60-12)29-28-49(10)35(41(34)51)20-21-37-48(9)25-24-38(61-40(55)31-46(5,6)45(58)59)47(7,8)36(48)23-26-50(37,49)11/h33-38,41-42H,1,13-31H2,2-12H3,(H,52,57)(H,53,54)(H,58,59)/t34-,35+,36-,37+,38-,41+,42+,48-,49+,50+,51-/m0/s1. The third-order valence-electron chi connectivity index (χ3n) is 18.5. The maximum absolute atomic E-state index is 14.6. The summed E-state index contributed by atoms with van der Waals surface area (Å²) >= 11 is 0. The molecule has 0 spiro atoms. The molecule has 5 fully saturated rings. The van der Waals surface area contributed by atoms with Crippen LogP contribution in [0.25, 0.3) is 0 Å². The second kappa shape index (κ2) is 18.7. The lowest BCUT2D eigenvalue weighted by Crippen LogP contribution is -2.67. The Morgan fingerprint density at radius 1 is 0.803 bits per heavy atom. The highest BCUT2D eigenvalue weighted by Crippen LogP contribution is 2.77. The fourth-order valence-electron chi connectivity index (χ4n) is 14.7. The van der Waals surface area contributed by atoms with Gasteiger partial charge in [-0.25, -0.2) is 4.79 Å². The van der Waals surface area contributed by atoms with Crippen molar-refractivity contribution < 1.29 is 38.6 Å². The summed E-state index contributed by atoms with van der Waals surface area (Å²) in [4.78, 5) is 63.9. The average molecular weight is 853 g/mol. The molecule has 5 rings (SSSR count). The summed E-state index contributed by atoms with van der Waals surface area (Å²) < 4.78 is 11.0. The Balaban J connectivity index is 1.18. The van der Waals surface area contributed by atoms with Gasteiger partial charge in [-0.3, -0.25) is 19.2 Å². The topological polar surface area (TPSA) is 148 Å². The third kappa shape index (κ3) is 9.22. The summed E-state index contributed by atoms with van der Waals surface area (Å²) in [6.45, 7) is 26.7. The number of amides is 2. The number of carboxylic acids is 1. The maximum Gasteiger partial charge on any atom is 0.328 e. The highest BCUT2D eigenvalue weighted by molar-refractivity contribution is 5.85. The summed E-state index contributed by atoms with van der Waals surface area (Å²) in [6.07, 6.45) is 16.2. The fourth-order valence-corrected chi connectivity index (χ4v) is 14.7. The smallest absolute Gasteiger partial charge is 0.328 e. The number of unbranched alkanes of at least 4 members (excludes halogenated alkanes) is 5. The molecule has 0 aliphatic heterocycles. The lowest BCUT2D eigenvalue weighted by molar-refractivity contribution is -0.249. The van der Waals surface area contributed by atoms with Crippen molar-refractivity contribution in [2.24, 2.45) is 68.0 Å². The molecule has 0 heterocycles. The van der Waals surface area contributed by atoms with Crippen molar-refractivity contribution in [1.29, 1.82) is 0 Å². The highest BCUT2D eigenvalue weighted by Gasteiger charge is 2.72. The molecule has 0 radical (unpaired) electrons. The molecular weight excluding hydrogens is 769 g/mol. The third-order valence-corrected chi connectivity index (χ3v) is 18.5. The molecule has 2 amide bonds. The van der Waals surface area contributed by atoms with Crippen LogP contribution in [0.5, 0.6) is 0 Å². The van der Waals surface area contributed by atoms with Gasteiger partial charge in [0, 0.05) is 18.4 Å². The van der Waals surface area contributed by atoms with Crippen LogP contribution >= 0.6 is 0 Å². The van der Waals surface area contributed by atoms with Crippen molar-refractivity contribution in [3.05, 3.63) is 12.2 Å². The molecule has 10 nitrogen and oxygen atoms in total. The minimum Gasteiger partial charge on any atom is -0.481 e. The summed E-state index contributed by atoms with van der Waals surface area (Å²) in [5, 5.41) is 15.9. The Kier molecular flexibility index (Phi) is 15.0. The van der Waals surface area contributed by atoms with E-state index in [-0.39, 0.29) is 57.3 Å². The first-order valence-electron chi connectivity index (χ1n) is 24.2. The normalized spacial score (nSPS) is 35.7. The molecule has 0 aromatic heterocycles. The lowest BCUT2D eigenvalue weighted by atomic mass is 9.32. The number of allylic oxidation sites excluding steroid dienone is 1. The minimum absolute atomic E-state index is 0.0315. The van der Waals surface area contributed by atoms with E-state index in [4.69, 9.17) is 9.47 Å². The van der Waals surface area contributed by atoms with E-state index in [1.54, 1.807) is 13.8 Å². The van der Waals surface area contributed by atoms with E-state index in [1.807, 2.05) is 13.8 Å². The Morgan fingerprint density at radius 2 is 1.46 bits per heavy atom. The van der Waals surface area contributed by atoms with E-state index in [0.29, 0.717) is 42.6 Å². The molecule has 346 valence electrons. The number of methoxy groups -OCH3 is 1. The van der Waals surface area contributed by atoms with Crippen LogP contribution in [-0.2, 0) is 33.4 Å². The van der Waals surface area contributed by atoms with Crippen LogP contribution in [0.15, 0.2) is 12.2 Å². The molecule has 10 heteroatoms. The number of carbonyl (C=O) groups excluding carboxylic acids is 4. The van der Waals surface area contributed by atoms with Gasteiger partial charge in [0.25, 0.3) is 0 Å². The van der Waals surface area contributed by atoms with Crippen LogP contribution in [0.3, 0.4) is 0 Å². The van der Waals surface area contributed by atoms with Gasteiger partial charge in [0.1, 0.15) is 12.1 Å². The van der Waals surface area contributed by atoms with Crippen LogP contribution in [0, 0.1) is 68.0 Å². The summed E-state index contributed by atoms with van der Waals surface area (Å²) in [6, 6.07) is -0.612. The van der Waals surface area contributed by atoms with Gasteiger partial charge in [-0.05, 0) is 150 Å². The molecule has 0 saturated heterocycles. The zero-order valence-electron chi connectivity index (χ0n) is 40.1. The molecule has 61 heavy (non-hydrogen) atoms. The van der Waals surface area contributed by atoms with Crippen LogP contribution in [0.1, 0.15) is 185 Å². The number of hydrogen-bond acceptors (Lipinski definition) is 7. The van der Waals surface area contributed by atoms with Crippen molar-refractivity contribution in [3.8, 4) is 0 Å². The van der Waals surface area contributed by atoms with Crippen LogP contribution in [0.2, 0.25) is 0 Å². The molecule has 5 saturated carbocycles.